The Balaban J connectivity index is 1.95. The van der Waals surface area contributed by atoms with Crippen molar-refractivity contribution in [2.45, 2.75) is 31.6 Å². The predicted octanol–water partition coefficient (Wildman–Crippen LogP) is 2.52. The molecule has 0 radical (unpaired) electrons. The summed E-state index contributed by atoms with van der Waals surface area (Å²) in [7, 11) is 0. The molecule has 0 bridgehead atoms. The van der Waals surface area contributed by atoms with Gasteiger partial charge in [-0.3, -0.25) is 0 Å². The summed E-state index contributed by atoms with van der Waals surface area (Å²) in [5, 5.41) is 9.88. The lowest BCUT2D eigenvalue weighted by atomic mass is 9.50. The van der Waals surface area contributed by atoms with E-state index >= 15 is 0 Å². The number of benzene rings is 1. The van der Waals surface area contributed by atoms with Crippen LogP contribution in [0.15, 0.2) is 24.3 Å². The number of hydrogen-bond acceptors (Lipinski definition) is 3. The largest absolute Gasteiger partial charge is 0.494 e. The minimum Gasteiger partial charge on any atom is -0.494 e. The first-order chi connectivity index (χ1) is 9.26. The first-order valence-corrected chi connectivity index (χ1v) is 7.18. The summed E-state index contributed by atoms with van der Waals surface area (Å²) in [6, 6.07) is 8.32. The van der Waals surface area contributed by atoms with E-state index in [9.17, 15) is 5.11 Å². The normalized spacial score (nSPS) is 23.3. The third kappa shape index (κ3) is 1.79. The maximum Gasteiger partial charge on any atom is 0.119 e. The minimum absolute atomic E-state index is 0.00683. The van der Waals surface area contributed by atoms with Gasteiger partial charge in [0.1, 0.15) is 5.75 Å². The van der Waals surface area contributed by atoms with Crippen LogP contribution in [0.4, 0.5) is 0 Å². The molecule has 1 heterocycles. The van der Waals surface area contributed by atoms with Crippen LogP contribution in [0.25, 0.3) is 0 Å². The zero-order valence-corrected chi connectivity index (χ0v) is 11.5. The summed E-state index contributed by atoms with van der Waals surface area (Å²) in [6.45, 7) is 4.38. The monoisotopic (exact) mass is 262 g/mol. The number of ether oxygens (including phenoxy) is 2. The van der Waals surface area contributed by atoms with E-state index in [1.165, 1.54) is 12.0 Å². The van der Waals surface area contributed by atoms with Crippen molar-refractivity contribution in [3.63, 3.8) is 0 Å². The SMILES string of the molecule is CCOc1cccc(C2(C3(CO)CCC3)COC2)c1. The fourth-order valence-corrected chi connectivity index (χ4v) is 3.53. The number of hydrogen-bond donors (Lipinski definition) is 1. The predicted molar refractivity (Wildman–Crippen MR) is 73.5 cm³/mol. The summed E-state index contributed by atoms with van der Waals surface area (Å²) in [5.41, 5.74) is 1.28. The highest BCUT2D eigenvalue weighted by atomic mass is 16.5. The molecule has 1 aliphatic carbocycles. The van der Waals surface area contributed by atoms with E-state index in [1.807, 2.05) is 19.1 Å². The Morgan fingerprint density at radius 2 is 2.11 bits per heavy atom. The summed E-state index contributed by atoms with van der Waals surface area (Å²) in [4.78, 5) is 0. The van der Waals surface area contributed by atoms with Gasteiger partial charge >= 0.3 is 0 Å². The zero-order valence-electron chi connectivity index (χ0n) is 11.5. The summed E-state index contributed by atoms with van der Waals surface area (Å²) >= 11 is 0. The topological polar surface area (TPSA) is 38.7 Å². The number of aliphatic hydroxyl groups is 1. The molecule has 19 heavy (non-hydrogen) atoms. The Morgan fingerprint density at radius 1 is 1.32 bits per heavy atom. The Labute approximate surface area is 114 Å². The Bertz CT molecular complexity index is 442. The van der Waals surface area contributed by atoms with Crippen LogP contribution in [0.1, 0.15) is 31.7 Å². The van der Waals surface area contributed by atoms with Crippen molar-refractivity contribution in [3.8, 4) is 5.75 Å². The number of aliphatic hydroxyl groups excluding tert-OH is 1. The van der Waals surface area contributed by atoms with E-state index in [1.54, 1.807) is 0 Å². The lowest BCUT2D eigenvalue weighted by molar-refractivity contribution is -0.173. The molecule has 0 aromatic heterocycles. The van der Waals surface area contributed by atoms with Crippen LogP contribution in [0.3, 0.4) is 0 Å². The molecular weight excluding hydrogens is 240 g/mol. The van der Waals surface area contributed by atoms with Gasteiger partial charge in [-0.05, 0) is 37.5 Å². The molecule has 0 atom stereocenters. The van der Waals surface area contributed by atoms with E-state index in [2.05, 4.69) is 12.1 Å². The fraction of sp³-hybridized carbons (Fsp3) is 0.625. The van der Waals surface area contributed by atoms with Gasteiger partial charge in [0, 0.05) is 17.4 Å². The summed E-state index contributed by atoms with van der Waals surface area (Å²) in [5.74, 6) is 0.915. The number of rotatable bonds is 5. The molecule has 1 aliphatic heterocycles. The second-order valence-electron chi connectivity index (χ2n) is 5.83. The molecule has 1 N–H and O–H groups in total. The lowest BCUT2D eigenvalue weighted by Crippen LogP contribution is -2.63. The van der Waals surface area contributed by atoms with Crippen LogP contribution in [-0.4, -0.2) is 31.5 Å². The van der Waals surface area contributed by atoms with Crippen molar-refractivity contribution < 1.29 is 14.6 Å². The highest BCUT2D eigenvalue weighted by Gasteiger charge is 2.59. The van der Waals surface area contributed by atoms with Crippen LogP contribution < -0.4 is 4.74 Å². The molecular formula is C16H22O3. The fourth-order valence-electron chi connectivity index (χ4n) is 3.53. The van der Waals surface area contributed by atoms with Gasteiger partial charge in [-0.1, -0.05) is 18.6 Å². The van der Waals surface area contributed by atoms with Gasteiger partial charge in [0.15, 0.2) is 0 Å². The van der Waals surface area contributed by atoms with Crippen molar-refractivity contribution in [1.82, 2.24) is 0 Å². The van der Waals surface area contributed by atoms with Gasteiger partial charge < -0.3 is 14.6 Å². The van der Waals surface area contributed by atoms with Crippen molar-refractivity contribution in [3.05, 3.63) is 29.8 Å². The molecule has 2 aliphatic rings. The van der Waals surface area contributed by atoms with Gasteiger partial charge in [-0.15, -0.1) is 0 Å². The van der Waals surface area contributed by atoms with Crippen LogP contribution in [0.2, 0.25) is 0 Å². The molecule has 1 aromatic carbocycles. The highest BCUT2D eigenvalue weighted by molar-refractivity contribution is 5.38. The van der Waals surface area contributed by atoms with E-state index in [-0.39, 0.29) is 17.4 Å². The molecule has 3 heteroatoms. The first-order valence-electron chi connectivity index (χ1n) is 7.18. The molecule has 3 rings (SSSR count). The van der Waals surface area contributed by atoms with Crippen LogP contribution in [0.5, 0.6) is 5.75 Å². The van der Waals surface area contributed by atoms with E-state index < -0.39 is 0 Å². The Morgan fingerprint density at radius 3 is 2.58 bits per heavy atom. The van der Waals surface area contributed by atoms with Gasteiger partial charge in [-0.2, -0.15) is 0 Å². The molecule has 0 amide bonds. The Kier molecular flexibility index (Phi) is 3.27. The molecule has 0 spiro atoms. The van der Waals surface area contributed by atoms with Gasteiger partial charge in [0.05, 0.1) is 19.8 Å². The molecule has 1 saturated carbocycles. The summed E-state index contributed by atoms with van der Waals surface area (Å²) in [6.07, 6.45) is 3.42. The minimum atomic E-state index is -0.00683. The second kappa shape index (κ2) is 4.80. The highest BCUT2D eigenvalue weighted by Crippen LogP contribution is 2.58. The molecule has 3 nitrogen and oxygen atoms in total. The zero-order chi connectivity index (χ0) is 13.3. The molecule has 104 valence electrons. The Hall–Kier alpha value is -1.06. The van der Waals surface area contributed by atoms with E-state index in [0.29, 0.717) is 6.61 Å². The average molecular weight is 262 g/mol. The van der Waals surface area contributed by atoms with E-state index in [0.717, 1.165) is 31.8 Å². The van der Waals surface area contributed by atoms with E-state index in [4.69, 9.17) is 9.47 Å². The van der Waals surface area contributed by atoms with Crippen LogP contribution >= 0.6 is 0 Å². The maximum absolute atomic E-state index is 9.88. The van der Waals surface area contributed by atoms with Gasteiger partial charge in [0.2, 0.25) is 0 Å². The van der Waals surface area contributed by atoms with Crippen LogP contribution in [0, 0.1) is 5.41 Å². The van der Waals surface area contributed by atoms with Crippen molar-refractivity contribution in [2.75, 3.05) is 26.4 Å². The van der Waals surface area contributed by atoms with Gasteiger partial charge in [0.25, 0.3) is 0 Å². The molecule has 0 unspecified atom stereocenters. The maximum atomic E-state index is 9.88. The molecule has 1 saturated heterocycles. The quantitative estimate of drug-likeness (QED) is 0.886. The average Bonchev–Trinajstić information content (AvgIpc) is 2.32. The molecule has 2 fully saturated rings. The standard InChI is InChI=1S/C16H22O3/c1-2-19-14-6-3-5-13(9-14)16(11-18-12-16)15(10-17)7-4-8-15/h3,5-6,9,17H,2,4,7-8,10-12H2,1H3. The summed E-state index contributed by atoms with van der Waals surface area (Å²) < 4.78 is 11.1. The second-order valence-corrected chi connectivity index (χ2v) is 5.83. The van der Waals surface area contributed by atoms with Crippen LogP contribution in [-0.2, 0) is 10.2 Å². The molecule has 1 aromatic rings. The smallest absolute Gasteiger partial charge is 0.119 e. The lowest BCUT2D eigenvalue weighted by Gasteiger charge is -2.59. The van der Waals surface area contributed by atoms with Crippen molar-refractivity contribution in [1.29, 1.82) is 0 Å². The van der Waals surface area contributed by atoms with Gasteiger partial charge in [-0.25, -0.2) is 0 Å². The third-order valence-corrected chi connectivity index (χ3v) is 5.02. The van der Waals surface area contributed by atoms with Crippen molar-refractivity contribution >= 4 is 0 Å². The van der Waals surface area contributed by atoms with Crippen molar-refractivity contribution in [2.24, 2.45) is 5.41 Å². The first kappa shape index (κ1) is 12.9. The third-order valence-electron chi connectivity index (χ3n) is 5.02.